The SMILES string of the molecule is COC(=O)/C(=C/c1cc([N+](=O)[O-])ccc1N=[N+]=[N-])CC#Cc1ccccc1. The van der Waals surface area contributed by atoms with Crippen LogP contribution in [0, 0.1) is 22.0 Å². The van der Waals surface area contributed by atoms with Gasteiger partial charge in [-0.2, -0.15) is 0 Å². The van der Waals surface area contributed by atoms with Crippen molar-refractivity contribution in [3.63, 3.8) is 0 Å². The quantitative estimate of drug-likeness (QED) is 0.113. The van der Waals surface area contributed by atoms with E-state index in [9.17, 15) is 14.9 Å². The van der Waals surface area contributed by atoms with E-state index in [4.69, 9.17) is 10.3 Å². The van der Waals surface area contributed by atoms with Gasteiger partial charge in [0.1, 0.15) is 0 Å². The average Bonchev–Trinajstić information content (AvgIpc) is 2.68. The lowest BCUT2D eigenvalue weighted by molar-refractivity contribution is -0.384. The molecule has 0 heterocycles. The Balaban J connectivity index is 2.44. The molecular formula is C19H14N4O4. The molecule has 0 aromatic heterocycles. The van der Waals surface area contributed by atoms with E-state index in [0.717, 1.165) is 5.56 Å². The molecule has 0 aliphatic heterocycles. The van der Waals surface area contributed by atoms with E-state index < -0.39 is 10.9 Å². The van der Waals surface area contributed by atoms with Crippen LogP contribution < -0.4 is 0 Å². The van der Waals surface area contributed by atoms with Crippen molar-refractivity contribution in [3.05, 3.63) is 85.8 Å². The zero-order valence-corrected chi connectivity index (χ0v) is 14.3. The number of nitro groups is 1. The number of carbonyl (C=O) groups excluding carboxylic acids is 1. The largest absolute Gasteiger partial charge is 0.466 e. The average molecular weight is 362 g/mol. The van der Waals surface area contributed by atoms with Crippen LogP contribution in [0.25, 0.3) is 16.5 Å². The molecule has 0 bridgehead atoms. The van der Waals surface area contributed by atoms with Gasteiger partial charge in [0, 0.05) is 40.3 Å². The molecule has 0 saturated heterocycles. The van der Waals surface area contributed by atoms with Gasteiger partial charge in [-0.25, -0.2) is 4.79 Å². The van der Waals surface area contributed by atoms with Crippen LogP contribution in [-0.2, 0) is 9.53 Å². The number of rotatable bonds is 5. The van der Waals surface area contributed by atoms with Crippen LogP contribution in [0.5, 0.6) is 0 Å². The van der Waals surface area contributed by atoms with Gasteiger partial charge in [0.05, 0.1) is 12.0 Å². The summed E-state index contributed by atoms with van der Waals surface area (Å²) in [6, 6.07) is 13.0. The maximum absolute atomic E-state index is 12.1. The van der Waals surface area contributed by atoms with Gasteiger partial charge in [0.25, 0.3) is 5.69 Å². The van der Waals surface area contributed by atoms with E-state index >= 15 is 0 Å². The highest BCUT2D eigenvalue weighted by atomic mass is 16.6. The first-order valence-electron chi connectivity index (χ1n) is 7.71. The molecule has 0 saturated carbocycles. The van der Waals surface area contributed by atoms with E-state index in [1.54, 1.807) is 0 Å². The number of methoxy groups -OCH3 is 1. The zero-order chi connectivity index (χ0) is 19.6. The highest BCUT2D eigenvalue weighted by Crippen LogP contribution is 2.27. The molecule has 2 rings (SSSR count). The summed E-state index contributed by atoms with van der Waals surface area (Å²) >= 11 is 0. The molecular weight excluding hydrogens is 348 g/mol. The van der Waals surface area contributed by atoms with Gasteiger partial charge in [-0.05, 0) is 35.4 Å². The molecule has 27 heavy (non-hydrogen) atoms. The Labute approximate surface area is 154 Å². The molecule has 0 N–H and O–H groups in total. The molecule has 0 aliphatic rings. The Kier molecular flexibility index (Phi) is 6.71. The zero-order valence-electron chi connectivity index (χ0n) is 14.3. The molecule has 0 aliphatic carbocycles. The standard InChI is InChI=1S/C19H14N4O4/c1-27-19(24)15(9-5-8-14-6-3-2-4-7-14)12-16-13-17(23(25)26)10-11-18(16)21-22-20/h2-4,6-7,10-13H,9H2,1H3/b15-12+. The van der Waals surface area contributed by atoms with Gasteiger partial charge in [-0.15, -0.1) is 0 Å². The lowest BCUT2D eigenvalue weighted by atomic mass is 10.1. The van der Waals surface area contributed by atoms with Crippen LogP contribution in [0.4, 0.5) is 11.4 Å². The fourth-order valence-corrected chi connectivity index (χ4v) is 2.17. The molecule has 134 valence electrons. The smallest absolute Gasteiger partial charge is 0.334 e. The first kappa shape index (κ1) is 19.2. The van der Waals surface area contributed by atoms with Crippen molar-refractivity contribution in [2.24, 2.45) is 5.11 Å². The van der Waals surface area contributed by atoms with Crippen molar-refractivity contribution in [3.8, 4) is 11.8 Å². The second kappa shape index (κ2) is 9.42. The fraction of sp³-hybridized carbons (Fsp3) is 0.105. The van der Waals surface area contributed by atoms with E-state index in [1.165, 1.54) is 31.4 Å². The van der Waals surface area contributed by atoms with Crippen LogP contribution in [-0.4, -0.2) is 18.0 Å². The Morgan fingerprint density at radius 3 is 2.70 bits per heavy atom. The molecule has 0 atom stereocenters. The molecule has 2 aromatic rings. The molecule has 0 spiro atoms. The first-order valence-corrected chi connectivity index (χ1v) is 7.71. The van der Waals surface area contributed by atoms with Crippen molar-refractivity contribution in [1.29, 1.82) is 0 Å². The summed E-state index contributed by atoms with van der Waals surface area (Å²) in [6.07, 6.45) is 1.43. The Morgan fingerprint density at radius 2 is 2.07 bits per heavy atom. The summed E-state index contributed by atoms with van der Waals surface area (Å²) in [7, 11) is 1.22. The highest BCUT2D eigenvalue weighted by molar-refractivity contribution is 5.95. The van der Waals surface area contributed by atoms with Crippen molar-refractivity contribution < 1.29 is 14.5 Å². The predicted octanol–water partition coefficient (Wildman–Crippen LogP) is 4.53. The van der Waals surface area contributed by atoms with E-state index in [-0.39, 0.29) is 28.9 Å². The number of non-ortho nitro benzene ring substituents is 1. The number of hydrogen-bond donors (Lipinski definition) is 0. The minimum Gasteiger partial charge on any atom is -0.466 e. The number of esters is 1. The summed E-state index contributed by atoms with van der Waals surface area (Å²) < 4.78 is 4.75. The summed E-state index contributed by atoms with van der Waals surface area (Å²) in [4.78, 5) is 25.2. The number of nitro benzene ring substituents is 1. The van der Waals surface area contributed by atoms with Gasteiger partial charge in [-0.1, -0.05) is 35.2 Å². The molecule has 8 nitrogen and oxygen atoms in total. The van der Waals surface area contributed by atoms with Crippen molar-refractivity contribution in [2.75, 3.05) is 7.11 Å². The third-order valence-corrected chi connectivity index (χ3v) is 3.44. The van der Waals surface area contributed by atoms with Crippen molar-refractivity contribution in [2.45, 2.75) is 6.42 Å². The number of benzene rings is 2. The van der Waals surface area contributed by atoms with Gasteiger partial charge >= 0.3 is 5.97 Å². The van der Waals surface area contributed by atoms with E-state index in [0.29, 0.717) is 0 Å². The van der Waals surface area contributed by atoms with Crippen LogP contribution in [0.3, 0.4) is 0 Å². The lowest BCUT2D eigenvalue weighted by Gasteiger charge is -2.04. The molecule has 8 heteroatoms. The van der Waals surface area contributed by atoms with Gasteiger partial charge in [0.2, 0.25) is 0 Å². The fourth-order valence-electron chi connectivity index (χ4n) is 2.17. The maximum Gasteiger partial charge on any atom is 0.334 e. The molecule has 0 amide bonds. The van der Waals surface area contributed by atoms with Crippen molar-refractivity contribution in [1.82, 2.24) is 0 Å². The van der Waals surface area contributed by atoms with Crippen molar-refractivity contribution >= 4 is 23.4 Å². The Morgan fingerprint density at radius 1 is 1.33 bits per heavy atom. The Hall–Kier alpha value is -4.08. The second-order valence-electron chi connectivity index (χ2n) is 5.20. The maximum atomic E-state index is 12.1. The summed E-state index contributed by atoms with van der Waals surface area (Å²) in [6.45, 7) is 0. The second-order valence-corrected chi connectivity index (χ2v) is 5.20. The number of carbonyl (C=O) groups is 1. The third-order valence-electron chi connectivity index (χ3n) is 3.44. The van der Waals surface area contributed by atoms with Crippen LogP contribution in [0.1, 0.15) is 17.5 Å². The van der Waals surface area contributed by atoms with E-state index in [2.05, 4.69) is 21.9 Å². The molecule has 2 aromatic carbocycles. The van der Waals surface area contributed by atoms with Gasteiger partial charge in [0.15, 0.2) is 0 Å². The molecule has 0 radical (unpaired) electrons. The summed E-state index contributed by atoms with van der Waals surface area (Å²) in [5.74, 6) is 5.16. The normalized spacial score (nSPS) is 10.2. The number of nitrogens with zero attached hydrogens (tertiary/aromatic N) is 4. The highest BCUT2D eigenvalue weighted by Gasteiger charge is 2.13. The Bertz CT molecular complexity index is 997. The van der Waals surface area contributed by atoms with Crippen LogP contribution >= 0.6 is 0 Å². The number of hydrogen-bond acceptors (Lipinski definition) is 5. The van der Waals surface area contributed by atoms with Gasteiger partial charge < -0.3 is 4.74 Å². The topological polar surface area (TPSA) is 118 Å². The minimum atomic E-state index is -0.629. The third kappa shape index (κ3) is 5.46. The lowest BCUT2D eigenvalue weighted by Crippen LogP contribution is -2.04. The van der Waals surface area contributed by atoms with Crippen LogP contribution in [0.15, 0.2) is 59.2 Å². The van der Waals surface area contributed by atoms with Crippen LogP contribution in [0.2, 0.25) is 0 Å². The number of azide groups is 1. The molecule has 0 fully saturated rings. The minimum absolute atomic E-state index is 0.0555. The summed E-state index contributed by atoms with van der Waals surface area (Å²) in [5, 5.41) is 14.5. The monoisotopic (exact) mass is 362 g/mol. The first-order chi connectivity index (χ1) is 13.0. The van der Waals surface area contributed by atoms with E-state index in [1.807, 2.05) is 30.3 Å². The predicted molar refractivity (Wildman–Crippen MR) is 99.8 cm³/mol. The summed E-state index contributed by atoms with van der Waals surface area (Å²) in [5.41, 5.74) is 9.81. The molecule has 0 unspecified atom stereocenters. The van der Waals surface area contributed by atoms with Gasteiger partial charge in [-0.3, -0.25) is 10.1 Å². The number of ether oxygens (including phenoxy) is 1.